The molecule has 0 bridgehead atoms. The Bertz CT molecular complexity index is 1330. The zero-order valence-electron chi connectivity index (χ0n) is 25.3. The summed E-state index contributed by atoms with van der Waals surface area (Å²) < 4.78 is 37.5. The summed E-state index contributed by atoms with van der Waals surface area (Å²) >= 11 is 0. The monoisotopic (exact) mass is 672 g/mol. The number of ether oxygens (including phenoxy) is 7. The molecule has 0 aliphatic carbocycles. The second-order valence-corrected chi connectivity index (χ2v) is 10.7. The van der Waals surface area contributed by atoms with Gasteiger partial charge in [0, 0.05) is 0 Å². The topological polar surface area (TPSA) is 267 Å². The molecule has 4 rings (SSSR count). The Kier molecular flexibility index (Phi) is 12.7. The number of aliphatic hydroxyl groups excluding tert-OH is 10. The second kappa shape index (κ2) is 16.3. The number of methoxy groups -OCH3 is 2. The number of benzene rings is 2. The van der Waals surface area contributed by atoms with Gasteiger partial charge in [-0.25, -0.2) is 0 Å². The maximum Gasteiger partial charge on any atom is 0.231 e. The predicted octanol–water partition coefficient (Wildman–Crippen LogP) is -2.90. The van der Waals surface area contributed by atoms with Crippen LogP contribution in [-0.4, -0.2) is 146 Å². The van der Waals surface area contributed by atoms with E-state index in [2.05, 4.69) is 0 Å². The largest absolute Gasteiger partial charge is 0.493 e. The summed E-state index contributed by atoms with van der Waals surface area (Å²) in [5.74, 6) is 0.522. The predicted molar refractivity (Wildman–Crippen MR) is 156 cm³/mol. The molecule has 0 radical (unpaired) electrons. The van der Waals surface area contributed by atoms with Gasteiger partial charge in [-0.2, -0.15) is 0 Å². The Labute approximate surface area is 268 Å². The number of hydrogen-bond donors (Lipinski definition) is 10. The Morgan fingerprint density at radius 1 is 0.702 bits per heavy atom. The highest BCUT2D eigenvalue weighted by atomic mass is 16.8. The van der Waals surface area contributed by atoms with E-state index in [0.29, 0.717) is 5.56 Å². The van der Waals surface area contributed by atoms with Gasteiger partial charge in [-0.05, 0) is 35.4 Å². The fourth-order valence-electron chi connectivity index (χ4n) is 4.79. The van der Waals surface area contributed by atoms with Crippen LogP contribution < -0.4 is 18.9 Å². The molecule has 10 N–H and O–H groups in total. The number of aliphatic hydroxyl groups is 10. The highest BCUT2D eigenvalue weighted by Gasteiger charge is 2.45. The van der Waals surface area contributed by atoms with Crippen LogP contribution in [0.5, 0.6) is 23.0 Å². The van der Waals surface area contributed by atoms with Gasteiger partial charge in [-0.1, -0.05) is 24.3 Å². The summed E-state index contributed by atoms with van der Waals surface area (Å²) in [6.45, 7) is -0.704. The van der Waals surface area contributed by atoms with E-state index >= 15 is 0 Å². The molecule has 262 valence electrons. The fraction of sp³-hybridized carbons (Fsp3) is 0.533. The average Bonchev–Trinajstić information content (AvgIpc) is 3.08. The summed E-state index contributed by atoms with van der Waals surface area (Å²) in [6.07, 6.45) is -15.9. The van der Waals surface area contributed by atoms with Crippen LogP contribution in [0.4, 0.5) is 0 Å². The average molecular weight is 673 g/mol. The molecule has 0 aromatic heterocycles. The van der Waals surface area contributed by atoms with Crippen molar-refractivity contribution in [2.45, 2.75) is 74.0 Å². The molecule has 2 heterocycles. The minimum absolute atomic E-state index is 0.0110. The highest BCUT2D eigenvalue weighted by molar-refractivity contribution is 5.56. The van der Waals surface area contributed by atoms with E-state index in [9.17, 15) is 51.1 Å². The first kappa shape index (κ1) is 36.7. The lowest BCUT2D eigenvalue weighted by Crippen LogP contribution is -2.59. The van der Waals surface area contributed by atoms with Crippen LogP contribution in [0, 0.1) is 0 Å². The van der Waals surface area contributed by atoms with Crippen molar-refractivity contribution in [2.75, 3.05) is 27.4 Å². The highest BCUT2D eigenvalue weighted by Crippen LogP contribution is 2.36. The van der Waals surface area contributed by atoms with Crippen molar-refractivity contribution < 1.29 is 84.2 Å². The Hall–Kier alpha value is -3.14. The van der Waals surface area contributed by atoms with Gasteiger partial charge >= 0.3 is 0 Å². The minimum atomic E-state index is -1.82. The van der Waals surface area contributed by atoms with Crippen molar-refractivity contribution in [1.29, 1.82) is 0 Å². The first-order valence-corrected chi connectivity index (χ1v) is 14.4. The third-order valence-corrected chi connectivity index (χ3v) is 7.53. The van der Waals surface area contributed by atoms with Crippen molar-refractivity contribution in [2.24, 2.45) is 0 Å². The summed E-state index contributed by atoms with van der Waals surface area (Å²) in [4.78, 5) is 0. The summed E-state index contributed by atoms with van der Waals surface area (Å²) in [5, 5.41) is 99.6. The molecule has 2 aromatic carbocycles. The first-order valence-electron chi connectivity index (χ1n) is 14.4. The van der Waals surface area contributed by atoms with E-state index in [-0.39, 0.29) is 35.2 Å². The smallest absolute Gasteiger partial charge is 0.231 e. The third-order valence-electron chi connectivity index (χ3n) is 7.53. The SMILES string of the molecule is COc1cc([C@@H](O)[C@@H](CO)Oc2ccc(C=CCO[C@H]3O[C@@H](O)[C@H](O)[C@@H](O)[C@@H]3O)cc2OC)ccc1O[C@@H]1O[C@H](O)[C@@H](O)[C@H](O)[C@H]1O. The third kappa shape index (κ3) is 8.48. The van der Waals surface area contributed by atoms with Gasteiger partial charge < -0.3 is 84.2 Å². The van der Waals surface area contributed by atoms with Crippen LogP contribution in [0.1, 0.15) is 17.2 Å². The van der Waals surface area contributed by atoms with Crippen molar-refractivity contribution in [1.82, 2.24) is 0 Å². The van der Waals surface area contributed by atoms with E-state index in [1.807, 2.05) is 0 Å². The summed E-state index contributed by atoms with van der Waals surface area (Å²) in [6, 6.07) is 8.98. The molecule has 47 heavy (non-hydrogen) atoms. The quantitative estimate of drug-likeness (QED) is 0.102. The molecule has 0 unspecified atom stereocenters. The molecule has 2 aliphatic rings. The molecular weight excluding hydrogens is 632 g/mol. The second-order valence-electron chi connectivity index (χ2n) is 10.7. The standard InChI is InChI=1S/C30H40O17/c1-41-17-10-13(4-3-9-43-29-25(37)21(33)23(35)27(39)46-29)5-7-15(17)44-19(12-31)20(32)14-6-8-16(18(11-14)42-2)45-30-26(38)22(34)24(36)28(40)47-30/h3-8,10-11,19-40H,9,12H2,1-2H3/t19-,20-,21-,22+,23-,24+,25+,26-,27-,28+,29+,30-/m1/s1. The van der Waals surface area contributed by atoms with Crippen LogP contribution >= 0.6 is 0 Å². The van der Waals surface area contributed by atoms with E-state index in [4.69, 9.17) is 33.2 Å². The lowest BCUT2D eigenvalue weighted by Gasteiger charge is -2.38. The molecule has 0 spiro atoms. The molecule has 17 nitrogen and oxygen atoms in total. The summed E-state index contributed by atoms with van der Waals surface area (Å²) in [5.41, 5.74) is 0.871. The van der Waals surface area contributed by atoms with Crippen LogP contribution in [0.2, 0.25) is 0 Å². The van der Waals surface area contributed by atoms with E-state index in [0.717, 1.165) is 0 Å². The zero-order valence-corrected chi connectivity index (χ0v) is 25.3. The van der Waals surface area contributed by atoms with Gasteiger partial charge in [-0.3, -0.25) is 0 Å². The van der Waals surface area contributed by atoms with Gasteiger partial charge in [0.25, 0.3) is 0 Å². The Balaban J connectivity index is 1.39. The summed E-state index contributed by atoms with van der Waals surface area (Å²) in [7, 11) is 2.70. The van der Waals surface area contributed by atoms with Gasteiger partial charge in [0.15, 0.2) is 48.0 Å². The van der Waals surface area contributed by atoms with Crippen LogP contribution in [0.25, 0.3) is 6.08 Å². The maximum atomic E-state index is 11.1. The van der Waals surface area contributed by atoms with Crippen LogP contribution in [-0.2, 0) is 14.2 Å². The molecule has 2 aromatic rings. The Morgan fingerprint density at radius 3 is 1.89 bits per heavy atom. The lowest BCUT2D eigenvalue weighted by atomic mass is 10.0. The molecule has 0 saturated carbocycles. The Morgan fingerprint density at radius 2 is 1.28 bits per heavy atom. The van der Waals surface area contributed by atoms with E-state index in [1.165, 1.54) is 32.4 Å². The number of hydrogen-bond acceptors (Lipinski definition) is 17. The molecular formula is C30H40O17. The molecule has 0 amide bonds. The van der Waals surface area contributed by atoms with Crippen LogP contribution in [0.15, 0.2) is 42.5 Å². The normalized spacial score (nSPS) is 32.5. The van der Waals surface area contributed by atoms with Crippen molar-refractivity contribution >= 4 is 6.08 Å². The van der Waals surface area contributed by atoms with Gasteiger partial charge in [0.05, 0.1) is 27.4 Å². The van der Waals surface area contributed by atoms with Gasteiger partial charge in [0.1, 0.15) is 42.7 Å². The maximum absolute atomic E-state index is 11.1. The molecule has 2 aliphatic heterocycles. The van der Waals surface area contributed by atoms with Crippen LogP contribution in [0.3, 0.4) is 0 Å². The van der Waals surface area contributed by atoms with Crippen molar-refractivity contribution in [3.05, 3.63) is 53.6 Å². The molecule has 12 atom stereocenters. The van der Waals surface area contributed by atoms with Crippen molar-refractivity contribution in [3.8, 4) is 23.0 Å². The first-order chi connectivity index (χ1) is 22.4. The number of rotatable bonds is 13. The van der Waals surface area contributed by atoms with E-state index in [1.54, 1.807) is 30.4 Å². The van der Waals surface area contributed by atoms with Gasteiger partial charge in [-0.15, -0.1) is 0 Å². The zero-order chi connectivity index (χ0) is 34.4. The van der Waals surface area contributed by atoms with E-state index < -0.39 is 80.6 Å². The molecule has 2 saturated heterocycles. The minimum Gasteiger partial charge on any atom is -0.493 e. The van der Waals surface area contributed by atoms with Gasteiger partial charge in [0.2, 0.25) is 6.29 Å². The van der Waals surface area contributed by atoms with Crippen molar-refractivity contribution in [3.63, 3.8) is 0 Å². The lowest BCUT2D eigenvalue weighted by molar-refractivity contribution is -0.338. The fourth-order valence-corrected chi connectivity index (χ4v) is 4.79. The molecule has 17 heteroatoms. The molecule has 2 fully saturated rings.